The molecule has 4 aliphatic heterocycles. The van der Waals surface area contributed by atoms with Crippen LogP contribution in [0.15, 0.2) is 60.9 Å². The minimum atomic E-state index is 0.182. The van der Waals surface area contributed by atoms with Crippen LogP contribution in [0.4, 0.5) is 11.6 Å². The van der Waals surface area contributed by atoms with Gasteiger partial charge in [-0.15, -0.1) is 0 Å². The molecule has 8 rings (SSSR count). The fourth-order valence-electron chi connectivity index (χ4n) is 8.38. The lowest BCUT2D eigenvalue weighted by molar-refractivity contribution is -0.717. The summed E-state index contributed by atoms with van der Waals surface area (Å²) in [4.78, 5) is 14.3. The van der Waals surface area contributed by atoms with Gasteiger partial charge in [-0.2, -0.15) is 0 Å². The summed E-state index contributed by atoms with van der Waals surface area (Å²) >= 11 is 0. The van der Waals surface area contributed by atoms with E-state index in [4.69, 9.17) is 15.5 Å². The first kappa shape index (κ1) is 21.0. The van der Waals surface area contributed by atoms with E-state index in [1.165, 1.54) is 42.4 Å². The van der Waals surface area contributed by atoms with Gasteiger partial charge in [0.15, 0.2) is 12.1 Å². The second-order valence-electron chi connectivity index (χ2n) is 11.5. The Morgan fingerprint density at radius 1 is 0.861 bits per heavy atom. The molecule has 1 aliphatic carbocycles. The van der Waals surface area contributed by atoms with Crippen molar-refractivity contribution in [3.63, 3.8) is 0 Å². The molecule has 1 saturated carbocycles. The molecule has 7 atom stereocenters. The van der Waals surface area contributed by atoms with Gasteiger partial charge in [-0.1, -0.05) is 30.3 Å². The molecule has 0 radical (unpaired) electrons. The zero-order valence-corrected chi connectivity index (χ0v) is 20.7. The number of ether oxygens (including phenoxy) is 1. The minimum absolute atomic E-state index is 0.182. The number of likely N-dealkylation sites (tertiary alicyclic amines) is 1. The van der Waals surface area contributed by atoms with E-state index in [0.717, 1.165) is 53.6 Å². The van der Waals surface area contributed by atoms with Gasteiger partial charge in [-0.3, -0.25) is 9.38 Å². The lowest BCUT2D eigenvalue weighted by Gasteiger charge is -2.30. The van der Waals surface area contributed by atoms with E-state index in [2.05, 4.69) is 46.1 Å². The van der Waals surface area contributed by atoms with Crippen LogP contribution in [0, 0.1) is 0 Å². The van der Waals surface area contributed by atoms with Crippen LogP contribution in [0.2, 0.25) is 0 Å². The van der Waals surface area contributed by atoms with E-state index in [9.17, 15) is 0 Å². The number of rotatable bonds is 4. The zero-order valence-electron chi connectivity index (χ0n) is 20.7. The van der Waals surface area contributed by atoms with Gasteiger partial charge >= 0.3 is 0 Å². The molecular formula is C29H33N6O+. The highest BCUT2D eigenvalue weighted by molar-refractivity contribution is 5.66. The Kier molecular flexibility index (Phi) is 4.33. The molecule has 2 N–H and O–H groups in total. The zero-order chi connectivity index (χ0) is 24.0. The van der Waals surface area contributed by atoms with E-state index in [1.54, 1.807) is 6.33 Å². The van der Waals surface area contributed by atoms with Crippen molar-refractivity contribution in [2.45, 2.75) is 55.4 Å². The number of piperazine rings is 1. The summed E-state index contributed by atoms with van der Waals surface area (Å²) in [6.07, 6.45) is 5.55. The highest BCUT2D eigenvalue weighted by Crippen LogP contribution is 2.66. The van der Waals surface area contributed by atoms with E-state index >= 15 is 0 Å². The maximum absolute atomic E-state index is 6.48. The lowest BCUT2D eigenvalue weighted by atomic mass is 9.93. The maximum Gasteiger partial charge on any atom is 0.157 e. The Morgan fingerprint density at radius 3 is 2.39 bits per heavy atom. The number of anilines is 2. The minimum Gasteiger partial charge on any atom is -0.457 e. The molecule has 2 aromatic carbocycles. The first-order valence-electron chi connectivity index (χ1n) is 13.4. The molecule has 2 unspecified atom stereocenters. The second-order valence-corrected chi connectivity index (χ2v) is 11.5. The van der Waals surface area contributed by atoms with Crippen molar-refractivity contribution >= 4 is 11.6 Å². The highest BCUT2D eigenvalue weighted by atomic mass is 16.5. The van der Waals surface area contributed by atoms with Crippen molar-refractivity contribution in [3.8, 4) is 11.5 Å². The standard InChI is InChI=1S/C29H33N6O/c1-33-15-25-26(16-33)35(25)23-12-9-19(13-24(23)35)34-14-22(27-28(30)31-17-32-29(27)34)18-7-10-21(11-8-18)36-20-5-3-2-4-6-20/h2-8,10-11,17,19,22-26H,9,12-16H2,1H3,(H2,30,31,32)/q+1/t19-,22+,23+,24?,25-,26+,35?/m1/s1. The molecule has 7 heteroatoms. The molecule has 0 bridgehead atoms. The van der Waals surface area contributed by atoms with Crippen molar-refractivity contribution in [3.05, 3.63) is 72.1 Å². The topological polar surface area (TPSA) is 67.5 Å². The molecule has 3 aromatic rings. The van der Waals surface area contributed by atoms with Gasteiger partial charge in [-0.25, -0.2) is 9.97 Å². The lowest BCUT2D eigenvalue weighted by Crippen LogP contribution is -2.38. The smallest absolute Gasteiger partial charge is 0.157 e. The molecule has 5 aliphatic rings. The largest absolute Gasteiger partial charge is 0.457 e. The summed E-state index contributed by atoms with van der Waals surface area (Å²) in [7, 11) is 2.28. The average molecular weight is 482 g/mol. The van der Waals surface area contributed by atoms with Crippen molar-refractivity contribution < 1.29 is 9.22 Å². The van der Waals surface area contributed by atoms with Crippen molar-refractivity contribution in [2.24, 2.45) is 0 Å². The molecule has 0 amide bonds. The van der Waals surface area contributed by atoms with E-state index in [1.807, 2.05) is 30.3 Å². The quantitative estimate of drug-likeness (QED) is 0.454. The fourth-order valence-corrected chi connectivity index (χ4v) is 8.38. The Bertz CT molecular complexity index is 1300. The Balaban J connectivity index is 1.04. The summed E-state index contributed by atoms with van der Waals surface area (Å²) in [5.41, 5.74) is 8.82. The monoisotopic (exact) mass is 481 g/mol. The molecule has 1 spiro atoms. The van der Waals surface area contributed by atoms with Gasteiger partial charge in [0.2, 0.25) is 0 Å². The van der Waals surface area contributed by atoms with Gasteiger partial charge in [0.05, 0.1) is 13.1 Å². The summed E-state index contributed by atoms with van der Waals surface area (Å²) in [5.74, 6) is 3.54. The number of nitrogens with zero attached hydrogens (tertiary/aromatic N) is 5. The SMILES string of the molecule is CN1C[C@@H]2[C@H](C1)[N+]21C2C[C@H](N3C[C@@H](c4ccc(Oc5ccccc5)cc4)c4c(N)ncnc43)CC[C@@H]21. The van der Waals surface area contributed by atoms with Crippen LogP contribution in [-0.2, 0) is 0 Å². The molecule has 1 aromatic heterocycles. The third kappa shape index (κ3) is 2.87. The van der Waals surface area contributed by atoms with Crippen molar-refractivity contribution in [2.75, 3.05) is 37.3 Å². The maximum atomic E-state index is 6.48. The summed E-state index contributed by atoms with van der Waals surface area (Å²) < 4.78 is 7.48. The first-order chi connectivity index (χ1) is 17.6. The summed E-state index contributed by atoms with van der Waals surface area (Å²) in [6.45, 7) is 3.52. The Morgan fingerprint density at radius 2 is 1.61 bits per heavy atom. The Hall–Kier alpha value is -3.16. The number of quaternary nitrogens is 1. The van der Waals surface area contributed by atoms with Gasteiger partial charge < -0.3 is 15.4 Å². The number of para-hydroxylation sites is 1. The van der Waals surface area contributed by atoms with Crippen LogP contribution in [0.5, 0.6) is 11.5 Å². The van der Waals surface area contributed by atoms with Gasteiger partial charge in [0.1, 0.15) is 41.5 Å². The normalized spacial score (nSPS) is 35.9. The number of nitrogen functional groups attached to an aromatic ring is 1. The van der Waals surface area contributed by atoms with Crippen LogP contribution in [0.25, 0.3) is 0 Å². The van der Waals surface area contributed by atoms with Crippen LogP contribution in [0.3, 0.4) is 0 Å². The summed E-state index contributed by atoms with van der Waals surface area (Å²) in [5, 5.41) is 0. The van der Waals surface area contributed by atoms with Crippen LogP contribution in [0.1, 0.15) is 36.3 Å². The number of benzene rings is 2. The van der Waals surface area contributed by atoms with E-state index in [0.29, 0.717) is 11.9 Å². The van der Waals surface area contributed by atoms with E-state index < -0.39 is 0 Å². The van der Waals surface area contributed by atoms with Crippen LogP contribution < -0.4 is 15.4 Å². The van der Waals surface area contributed by atoms with E-state index in [-0.39, 0.29) is 5.92 Å². The molecule has 36 heavy (non-hydrogen) atoms. The number of fused-ring (bicyclic) bond motifs is 7. The molecule has 7 nitrogen and oxygen atoms in total. The second kappa shape index (κ2) is 7.43. The highest BCUT2D eigenvalue weighted by Gasteiger charge is 2.88. The predicted octanol–water partition coefficient (Wildman–Crippen LogP) is 3.62. The number of hydrogen-bond acceptors (Lipinski definition) is 6. The van der Waals surface area contributed by atoms with Crippen molar-refractivity contribution in [1.29, 1.82) is 0 Å². The van der Waals surface area contributed by atoms with Gasteiger partial charge in [-0.05, 0) is 43.3 Å². The third-order valence-corrected chi connectivity index (χ3v) is 9.91. The molecule has 5 heterocycles. The number of aromatic nitrogens is 2. The fraction of sp³-hybridized carbons (Fsp3) is 0.448. The third-order valence-electron chi connectivity index (χ3n) is 9.91. The van der Waals surface area contributed by atoms with Gasteiger partial charge in [0.25, 0.3) is 0 Å². The number of hydrogen-bond donors (Lipinski definition) is 1. The first-order valence-corrected chi connectivity index (χ1v) is 13.4. The Labute approximate surface area is 212 Å². The van der Waals surface area contributed by atoms with Crippen LogP contribution >= 0.6 is 0 Å². The molecule has 4 fully saturated rings. The average Bonchev–Trinajstić information content (AvgIpc) is 3.53. The number of likely N-dealkylation sites (N-methyl/N-ethyl adjacent to an activating group) is 1. The molecular weight excluding hydrogens is 448 g/mol. The van der Waals surface area contributed by atoms with Gasteiger partial charge in [0, 0.05) is 36.9 Å². The number of nitrogens with two attached hydrogens (primary N) is 1. The summed E-state index contributed by atoms with van der Waals surface area (Å²) in [6, 6.07) is 22.5. The van der Waals surface area contributed by atoms with Crippen molar-refractivity contribution in [1.82, 2.24) is 14.9 Å². The molecule has 184 valence electrons. The predicted molar refractivity (Wildman–Crippen MR) is 139 cm³/mol. The molecule has 3 saturated heterocycles. The van der Waals surface area contributed by atoms with Crippen LogP contribution in [-0.4, -0.2) is 76.2 Å².